The lowest BCUT2D eigenvalue weighted by molar-refractivity contribution is 0.231. The first-order valence-corrected chi connectivity index (χ1v) is 7.80. The lowest BCUT2D eigenvalue weighted by Gasteiger charge is -2.36. The van der Waals surface area contributed by atoms with Crippen LogP contribution in [0.15, 0.2) is 24.3 Å². The minimum absolute atomic E-state index is 0.153. The van der Waals surface area contributed by atoms with E-state index in [9.17, 15) is 0 Å². The fourth-order valence-electron chi connectivity index (χ4n) is 3.62. The Kier molecular flexibility index (Phi) is 2.73. The highest BCUT2D eigenvalue weighted by molar-refractivity contribution is 5.44. The van der Waals surface area contributed by atoms with Gasteiger partial charge in [0.1, 0.15) is 5.82 Å². The molecule has 110 valence electrons. The number of hydrogen-bond acceptors (Lipinski definition) is 3. The Balaban J connectivity index is 1.73. The summed E-state index contributed by atoms with van der Waals surface area (Å²) in [5, 5.41) is 12.7. The highest BCUT2D eigenvalue weighted by atomic mass is 15.3. The lowest BCUT2D eigenvalue weighted by atomic mass is 9.77. The third-order valence-corrected chi connectivity index (χ3v) is 4.78. The van der Waals surface area contributed by atoms with Gasteiger partial charge in [0.2, 0.25) is 0 Å². The summed E-state index contributed by atoms with van der Waals surface area (Å²) < 4.78 is 2.35. The van der Waals surface area contributed by atoms with Gasteiger partial charge in [-0.15, -0.1) is 10.2 Å². The topological polar surface area (TPSA) is 42.7 Å². The fraction of sp³-hybridized carbons (Fsp3) is 0.529. The van der Waals surface area contributed by atoms with E-state index in [1.807, 2.05) is 0 Å². The smallest absolute Gasteiger partial charge is 0.150 e. The summed E-state index contributed by atoms with van der Waals surface area (Å²) >= 11 is 0. The van der Waals surface area contributed by atoms with Crippen molar-refractivity contribution in [3.8, 4) is 0 Å². The number of nitrogens with zero attached hydrogens (tertiary/aromatic N) is 3. The number of fused-ring (bicyclic) bond motifs is 2. The second-order valence-electron chi connectivity index (χ2n) is 7.28. The molecule has 0 spiro atoms. The number of nitrogens with one attached hydrogen (secondary N) is 1. The Morgan fingerprint density at radius 2 is 1.90 bits per heavy atom. The van der Waals surface area contributed by atoms with E-state index in [0.29, 0.717) is 5.92 Å². The molecule has 2 unspecified atom stereocenters. The number of hydrogen-bond donors (Lipinski definition) is 1. The molecule has 4 rings (SSSR count). The largest absolute Gasteiger partial charge is 0.312 e. The van der Waals surface area contributed by atoms with Crippen molar-refractivity contribution in [1.29, 1.82) is 0 Å². The molecule has 2 aromatic rings. The highest BCUT2D eigenvalue weighted by Crippen LogP contribution is 2.41. The third kappa shape index (κ3) is 1.93. The standard InChI is InChI=1S/C17H22N4/c1-17(2,3)14-16-20-19-15(21(16)9-8-18-14)13-10-11-6-4-5-7-12(11)13/h4-7,13-14,18H,8-10H2,1-3H3. The van der Waals surface area contributed by atoms with Crippen molar-refractivity contribution in [2.75, 3.05) is 6.54 Å². The molecule has 0 radical (unpaired) electrons. The Bertz CT molecular complexity index is 680. The average molecular weight is 282 g/mol. The molecule has 0 fully saturated rings. The molecular weight excluding hydrogens is 260 g/mol. The van der Waals surface area contributed by atoms with E-state index in [1.165, 1.54) is 11.1 Å². The quantitative estimate of drug-likeness (QED) is 0.874. The van der Waals surface area contributed by atoms with Crippen LogP contribution in [0.4, 0.5) is 0 Å². The molecule has 21 heavy (non-hydrogen) atoms. The SMILES string of the molecule is CC(C)(C)C1NCCn2c(C3Cc4ccccc43)nnc21. The van der Waals surface area contributed by atoms with Crippen LogP contribution in [0.2, 0.25) is 0 Å². The van der Waals surface area contributed by atoms with Crippen molar-refractivity contribution in [3.05, 3.63) is 47.0 Å². The molecule has 0 bridgehead atoms. The normalized spacial score (nSPS) is 24.1. The summed E-state index contributed by atoms with van der Waals surface area (Å²) in [5.41, 5.74) is 3.04. The number of benzene rings is 1. The van der Waals surface area contributed by atoms with Crippen LogP contribution in [-0.4, -0.2) is 21.3 Å². The van der Waals surface area contributed by atoms with E-state index in [2.05, 4.69) is 65.1 Å². The first-order valence-electron chi connectivity index (χ1n) is 7.80. The molecule has 2 heterocycles. The zero-order valence-electron chi connectivity index (χ0n) is 12.9. The number of rotatable bonds is 1. The maximum atomic E-state index is 4.56. The lowest BCUT2D eigenvalue weighted by Crippen LogP contribution is -2.41. The van der Waals surface area contributed by atoms with Crippen molar-refractivity contribution >= 4 is 0 Å². The van der Waals surface area contributed by atoms with E-state index < -0.39 is 0 Å². The van der Waals surface area contributed by atoms with Crippen LogP contribution in [0.25, 0.3) is 0 Å². The van der Waals surface area contributed by atoms with E-state index in [-0.39, 0.29) is 11.5 Å². The van der Waals surface area contributed by atoms with Crippen molar-refractivity contribution in [2.24, 2.45) is 5.41 Å². The van der Waals surface area contributed by atoms with Crippen LogP contribution in [0, 0.1) is 5.41 Å². The Labute approximate surface area is 125 Å². The first kappa shape index (κ1) is 13.0. The van der Waals surface area contributed by atoms with Crippen molar-refractivity contribution in [2.45, 2.75) is 45.7 Å². The van der Waals surface area contributed by atoms with Gasteiger partial charge >= 0.3 is 0 Å². The molecule has 1 aromatic heterocycles. The van der Waals surface area contributed by atoms with Gasteiger partial charge in [0.05, 0.1) is 6.04 Å². The maximum absolute atomic E-state index is 4.56. The summed E-state index contributed by atoms with van der Waals surface area (Å²) in [7, 11) is 0. The first-order chi connectivity index (χ1) is 10.1. The Hall–Kier alpha value is -1.68. The third-order valence-electron chi connectivity index (χ3n) is 4.78. The Morgan fingerprint density at radius 1 is 1.14 bits per heavy atom. The van der Waals surface area contributed by atoms with Gasteiger partial charge in [-0.25, -0.2) is 0 Å². The van der Waals surface area contributed by atoms with E-state index >= 15 is 0 Å². The Morgan fingerprint density at radius 3 is 2.67 bits per heavy atom. The predicted octanol–water partition coefficient (Wildman–Crippen LogP) is 2.66. The van der Waals surface area contributed by atoms with Crippen molar-refractivity contribution in [3.63, 3.8) is 0 Å². The van der Waals surface area contributed by atoms with Gasteiger partial charge < -0.3 is 9.88 Å². The summed E-state index contributed by atoms with van der Waals surface area (Å²) in [5.74, 6) is 2.69. The van der Waals surface area contributed by atoms with Crippen molar-refractivity contribution < 1.29 is 0 Å². The van der Waals surface area contributed by atoms with Crippen LogP contribution in [-0.2, 0) is 13.0 Å². The molecule has 4 heteroatoms. The molecule has 1 aliphatic carbocycles. The molecule has 2 atom stereocenters. The number of aromatic nitrogens is 3. The molecule has 1 aliphatic heterocycles. The van der Waals surface area contributed by atoms with Crippen LogP contribution >= 0.6 is 0 Å². The summed E-state index contributed by atoms with van der Waals surface area (Å²) in [6.45, 7) is 8.74. The van der Waals surface area contributed by atoms with E-state index in [1.54, 1.807) is 0 Å². The molecular formula is C17H22N4. The van der Waals surface area contributed by atoms with Gasteiger partial charge in [-0.2, -0.15) is 0 Å². The van der Waals surface area contributed by atoms with Crippen LogP contribution in [0.1, 0.15) is 55.5 Å². The maximum Gasteiger partial charge on any atom is 0.150 e. The molecule has 1 aromatic carbocycles. The van der Waals surface area contributed by atoms with Gasteiger partial charge in [0.25, 0.3) is 0 Å². The van der Waals surface area contributed by atoms with Gasteiger partial charge in [0, 0.05) is 19.0 Å². The predicted molar refractivity (Wildman–Crippen MR) is 82.2 cm³/mol. The molecule has 0 saturated carbocycles. The summed E-state index contributed by atoms with van der Waals surface area (Å²) in [4.78, 5) is 0. The summed E-state index contributed by atoms with van der Waals surface area (Å²) in [6, 6.07) is 8.97. The van der Waals surface area contributed by atoms with Gasteiger partial charge in [-0.3, -0.25) is 0 Å². The molecule has 0 amide bonds. The van der Waals surface area contributed by atoms with Gasteiger partial charge in [-0.1, -0.05) is 45.0 Å². The molecule has 1 N–H and O–H groups in total. The average Bonchev–Trinajstić information content (AvgIpc) is 2.83. The monoisotopic (exact) mass is 282 g/mol. The highest BCUT2D eigenvalue weighted by Gasteiger charge is 2.37. The molecule has 0 saturated heterocycles. The van der Waals surface area contributed by atoms with Gasteiger partial charge in [0.15, 0.2) is 5.82 Å². The van der Waals surface area contributed by atoms with E-state index in [4.69, 9.17) is 0 Å². The van der Waals surface area contributed by atoms with Crippen molar-refractivity contribution in [1.82, 2.24) is 20.1 Å². The second kappa shape index (κ2) is 4.41. The fourth-order valence-corrected chi connectivity index (χ4v) is 3.62. The zero-order chi connectivity index (χ0) is 14.6. The zero-order valence-corrected chi connectivity index (χ0v) is 12.9. The molecule has 2 aliphatic rings. The minimum atomic E-state index is 0.153. The minimum Gasteiger partial charge on any atom is -0.312 e. The van der Waals surface area contributed by atoms with Crippen LogP contribution in [0.5, 0.6) is 0 Å². The van der Waals surface area contributed by atoms with Crippen LogP contribution in [0.3, 0.4) is 0 Å². The van der Waals surface area contributed by atoms with Gasteiger partial charge in [-0.05, 0) is 23.0 Å². The van der Waals surface area contributed by atoms with E-state index in [0.717, 1.165) is 31.2 Å². The van der Waals surface area contributed by atoms with Crippen LogP contribution < -0.4 is 5.32 Å². The second-order valence-corrected chi connectivity index (χ2v) is 7.28. The summed E-state index contributed by atoms with van der Waals surface area (Å²) in [6.07, 6.45) is 1.10. The molecule has 4 nitrogen and oxygen atoms in total.